The monoisotopic (exact) mass is 288 g/mol. The molecule has 6 heteroatoms. The van der Waals surface area contributed by atoms with E-state index in [1.54, 1.807) is 24.3 Å². The van der Waals surface area contributed by atoms with Crippen LogP contribution in [-0.2, 0) is 4.79 Å². The van der Waals surface area contributed by atoms with Gasteiger partial charge in [0.05, 0.1) is 0 Å². The quantitative estimate of drug-likeness (QED) is 0.701. The molecule has 6 nitrogen and oxygen atoms in total. The van der Waals surface area contributed by atoms with Crippen LogP contribution in [0.1, 0.15) is 29.6 Å². The molecule has 0 atom stereocenters. The Balaban J connectivity index is 2.01. The van der Waals surface area contributed by atoms with Crippen LogP contribution in [0, 0.1) is 0 Å². The van der Waals surface area contributed by atoms with Crippen molar-refractivity contribution in [2.24, 2.45) is 0 Å². The molecule has 0 saturated heterocycles. The summed E-state index contributed by atoms with van der Waals surface area (Å²) in [6.07, 6.45) is 2.52. The molecule has 0 saturated carbocycles. The minimum Gasteiger partial charge on any atom is -0.481 e. The molecule has 1 heterocycles. The third-order valence-electron chi connectivity index (χ3n) is 3.14. The van der Waals surface area contributed by atoms with E-state index in [2.05, 4.69) is 10.3 Å². The fraction of sp³-hybridized carbons (Fsp3) is 0.267. The number of hydrogen-bond donors (Lipinski definition) is 3. The van der Waals surface area contributed by atoms with Gasteiger partial charge in [0.25, 0.3) is 5.91 Å². The van der Waals surface area contributed by atoms with Crippen molar-refractivity contribution in [1.29, 1.82) is 0 Å². The maximum absolute atomic E-state index is 12.2. The number of nitrogens with one attached hydrogen (secondary N) is 2. The number of amides is 1. The van der Waals surface area contributed by atoms with Gasteiger partial charge in [0, 0.05) is 30.1 Å². The number of carbonyl (C=O) groups is 2. The summed E-state index contributed by atoms with van der Waals surface area (Å²) in [5.41, 5.74) is 0.430. The predicted molar refractivity (Wildman–Crippen MR) is 78.4 cm³/mol. The second kappa shape index (κ2) is 6.69. The zero-order valence-electron chi connectivity index (χ0n) is 11.4. The fourth-order valence-electron chi connectivity index (χ4n) is 2.03. The number of aliphatic carboxylic acids is 1. The molecule has 1 aromatic heterocycles. The van der Waals surface area contributed by atoms with Crippen LogP contribution in [0.2, 0.25) is 0 Å². The molecule has 0 fully saturated rings. The summed E-state index contributed by atoms with van der Waals surface area (Å²) in [4.78, 5) is 37.4. The Kier molecular flexibility index (Phi) is 4.71. The molecular formula is C15H16N2O4. The SMILES string of the molecule is O=C(O)CCCCNC(=O)c1c[nH]c2ccccc2c1=O. The first-order chi connectivity index (χ1) is 10.1. The standard InChI is InChI=1S/C15H16N2O4/c18-13(19)7-3-4-8-16-15(21)11-9-17-12-6-2-1-5-10(12)14(11)20/h1-2,5-6,9H,3-4,7-8H2,(H,16,21)(H,17,20)(H,18,19). The molecule has 0 aliphatic heterocycles. The van der Waals surface area contributed by atoms with E-state index in [0.29, 0.717) is 30.3 Å². The number of H-pyrrole nitrogens is 1. The first-order valence-electron chi connectivity index (χ1n) is 6.70. The average Bonchev–Trinajstić information content (AvgIpc) is 2.47. The van der Waals surface area contributed by atoms with Gasteiger partial charge in [0.15, 0.2) is 0 Å². The van der Waals surface area contributed by atoms with Crippen molar-refractivity contribution in [2.75, 3.05) is 6.54 Å². The van der Waals surface area contributed by atoms with Crippen molar-refractivity contribution < 1.29 is 14.7 Å². The predicted octanol–water partition coefficient (Wildman–Crippen LogP) is 1.51. The number of rotatable bonds is 6. The summed E-state index contributed by atoms with van der Waals surface area (Å²) in [5.74, 6) is -1.30. The van der Waals surface area contributed by atoms with Crippen LogP contribution in [0.3, 0.4) is 0 Å². The topological polar surface area (TPSA) is 99.3 Å². The second-order valence-corrected chi connectivity index (χ2v) is 4.68. The van der Waals surface area contributed by atoms with Crippen molar-refractivity contribution in [3.05, 3.63) is 46.2 Å². The maximum Gasteiger partial charge on any atom is 0.303 e. The van der Waals surface area contributed by atoms with E-state index < -0.39 is 11.9 Å². The molecule has 2 rings (SSSR count). The molecule has 0 unspecified atom stereocenters. The van der Waals surface area contributed by atoms with E-state index in [0.717, 1.165) is 0 Å². The summed E-state index contributed by atoms with van der Waals surface area (Å²) in [6, 6.07) is 6.98. The molecule has 0 bridgehead atoms. The van der Waals surface area contributed by atoms with Crippen LogP contribution in [0.5, 0.6) is 0 Å². The summed E-state index contributed by atoms with van der Waals surface area (Å²) in [5, 5.41) is 11.6. The molecule has 0 aliphatic rings. The van der Waals surface area contributed by atoms with Crippen LogP contribution >= 0.6 is 0 Å². The van der Waals surface area contributed by atoms with E-state index >= 15 is 0 Å². The lowest BCUT2D eigenvalue weighted by molar-refractivity contribution is -0.137. The van der Waals surface area contributed by atoms with Crippen molar-refractivity contribution in [1.82, 2.24) is 10.3 Å². The molecule has 110 valence electrons. The minimum absolute atomic E-state index is 0.0620. The third-order valence-corrected chi connectivity index (χ3v) is 3.14. The van der Waals surface area contributed by atoms with Crippen LogP contribution in [0.25, 0.3) is 10.9 Å². The number of carbonyl (C=O) groups excluding carboxylic acids is 1. The summed E-state index contributed by atoms with van der Waals surface area (Å²) < 4.78 is 0. The number of para-hydroxylation sites is 1. The second-order valence-electron chi connectivity index (χ2n) is 4.68. The van der Waals surface area contributed by atoms with Gasteiger partial charge >= 0.3 is 5.97 Å². The van der Waals surface area contributed by atoms with E-state index in [1.165, 1.54) is 6.20 Å². The number of benzene rings is 1. The van der Waals surface area contributed by atoms with Crippen LogP contribution < -0.4 is 10.7 Å². The molecule has 21 heavy (non-hydrogen) atoms. The van der Waals surface area contributed by atoms with E-state index in [4.69, 9.17) is 5.11 Å². The minimum atomic E-state index is -0.854. The third kappa shape index (κ3) is 3.68. The Morgan fingerprint density at radius 1 is 1.19 bits per heavy atom. The molecule has 1 aromatic carbocycles. The smallest absolute Gasteiger partial charge is 0.303 e. The zero-order chi connectivity index (χ0) is 15.2. The molecule has 0 spiro atoms. The Morgan fingerprint density at radius 3 is 2.71 bits per heavy atom. The van der Waals surface area contributed by atoms with Gasteiger partial charge in [-0.25, -0.2) is 0 Å². The van der Waals surface area contributed by atoms with E-state index in [-0.39, 0.29) is 17.4 Å². The van der Waals surface area contributed by atoms with Crippen LogP contribution in [-0.4, -0.2) is 28.5 Å². The Bertz CT molecular complexity index is 721. The van der Waals surface area contributed by atoms with Crippen molar-refractivity contribution >= 4 is 22.8 Å². The van der Waals surface area contributed by atoms with Gasteiger partial charge < -0.3 is 15.4 Å². The number of aromatic nitrogens is 1. The first kappa shape index (κ1) is 14.8. The lowest BCUT2D eigenvalue weighted by Gasteiger charge is -2.05. The highest BCUT2D eigenvalue weighted by atomic mass is 16.4. The van der Waals surface area contributed by atoms with Gasteiger partial charge in [-0.2, -0.15) is 0 Å². The van der Waals surface area contributed by atoms with Gasteiger partial charge in [-0.1, -0.05) is 12.1 Å². The summed E-state index contributed by atoms with van der Waals surface area (Å²) >= 11 is 0. The Hall–Kier alpha value is -2.63. The first-order valence-corrected chi connectivity index (χ1v) is 6.70. The molecular weight excluding hydrogens is 272 g/mol. The van der Waals surface area contributed by atoms with Gasteiger partial charge in [-0.05, 0) is 25.0 Å². The van der Waals surface area contributed by atoms with Gasteiger partial charge in [-0.15, -0.1) is 0 Å². The number of aromatic amines is 1. The van der Waals surface area contributed by atoms with E-state index in [9.17, 15) is 14.4 Å². The van der Waals surface area contributed by atoms with Crippen molar-refractivity contribution in [2.45, 2.75) is 19.3 Å². The zero-order valence-corrected chi connectivity index (χ0v) is 11.4. The molecule has 3 N–H and O–H groups in total. The highest BCUT2D eigenvalue weighted by Gasteiger charge is 2.12. The van der Waals surface area contributed by atoms with Gasteiger partial charge in [-0.3, -0.25) is 14.4 Å². The largest absolute Gasteiger partial charge is 0.481 e. The fourth-order valence-corrected chi connectivity index (χ4v) is 2.03. The summed E-state index contributed by atoms with van der Waals surface area (Å²) in [6.45, 7) is 0.346. The lowest BCUT2D eigenvalue weighted by atomic mass is 10.1. The molecule has 1 amide bonds. The molecule has 0 radical (unpaired) electrons. The van der Waals surface area contributed by atoms with Gasteiger partial charge in [0.1, 0.15) is 5.56 Å². The van der Waals surface area contributed by atoms with Gasteiger partial charge in [0.2, 0.25) is 5.43 Å². The van der Waals surface area contributed by atoms with Crippen LogP contribution in [0.4, 0.5) is 0 Å². The number of pyridine rings is 1. The van der Waals surface area contributed by atoms with Crippen molar-refractivity contribution in [3.63, 3.8) is 0 Å². The number of carboxylic acids is 1. The average molecular weight is 288 g/mol. The number of unbranched alkanes of at least 4 members (excludes halogenated alkanes) is 1. The normalized spacial score (nSPS) is 10.5. The van der Waals surface area contributed by atoms with Crippen molar-refractivity contribution in [3.8, 4) is 0 Å². The highest BCUT2D eigenvalue weighted by Crippen LogP contribution is 2.06. The van der Waals surface area contributed by atoms with E-state index in [1.807, 2.05) is 0 Å². The molecule has 2 aromatic rings. The maximum atomic E-state index is 12.2. The van der Waals surface area contributed by atoms with Crippen LogP contribution in [0.15, 0.2) is 35.3 Å². The molecule has 0 aliphatic carbocycles. The highest BCUT2D eigenvalue weighted by molar-refractivity contribution is 5.97. The Labute approximate surface area is 120 Å². The summed E-state index contributed by atoms with van der Waals surface area (Å²) in [7, 11) is 0. The number of fused-ring (bicyclic) bond motifs is 1. The number of hydrogen-bond acceptors (Lipinski definition) is 3. The Morgan fingerprint density at radius 2 is 1.95 bits per heavy atom. The number of carboxylic acid groups (broad SMARTS) is 1. The lowest BCUT2D eigenvalue weighted by Crippen LogP contribution is -2.29.